The topological polar surface area (TPSA) is 86.8 Å². The third-order valence-electron chi connectivity index (χ3n) is 6.08. The maximum Gasteiger partial charge on any atom is 0.264 e. The average molecular weight is 556 g/mol. The Morgan fingerprint density at radius 2 is 1.50 bits per heavy atom. The van der Waals surface area contributed by atoms with Crippen molar-refractivity contribution >= 4 is 39.1 Å². The number of halogens is 1. The van der Waals surface area contributed by atoms with Crippen LogP contribution in [-0.2, 0) is 26.0 Å². The first kappa shape index (κ1) is 29.2. The molecule has 7 nitrogen and oxygen atoms in total. The summed E-state index contributed by atoms with van der Waals surface area (Å²) in [4.78, 5) is 28.2. The molecule has 2 amide bonds. The number of sulfonamides is 1. The van der Waals surface area contributed by atoms with Crippen LogP contribution in [0.3, 0.4) is 0 Å². The van der Waals surface area contributed by atoms with E-state index in [1.165, 1.54) is 17.0 Å². The molecule has 0 aromatic heterocycles. The average Bonchev–Trinajstić information content (AvgIpc) is 2.88. The number of nitrogens with one attached hydrogen (secondary N) is 1. The lowest BCUT2D eigenvalue weighted by Gasteiger charge is -2.32. The minimum absolute atomic E-state index is 0.0623. The molecule has 3 aromatic rings. The van der Waals surface area contributed by atoms with Crippen molar-refractivity contribution in [3.63, 3.8) is 0 Å². The van der Waals surface area contributed by atoms with E-state index in [-0.39, 0.29) is 23.4 Å². The summed E-state index contributed by atoms with van der Waals surface area (Å²) in [5.41, 5.74) is 2.21. The van der Waals surface area contributed by atoms with Crippen molar-refractivity contribution in [2.45, 2.75) is 51.1 Å². The van der Waals surface area contributed by atoms with Gasteiger partial charge in [-0.3, -0.25) is 13.9 Å². The highest BCUT2D eigenvalue weighted by Crippen LogP contribution is 2.26. The molecule has 0 aliphatic rings. The minimum Gasteiger partial charge on any atom is -0.352 e. The van der Waals surface area contributed by atoms with Gasteiger partial charge >= 0.3 is 0 Å². The quantitative estimate of drug-likeness (QED) is 0.367. The Labute approximate surface area is 230 Å². The monoisotopic (exact) mass is 555 g/mol. The molecule has 3 aromatic carbocycles. The van der Waals surface area contributed by atoms with Gasteiger partial charge in [0.05, 0.1) is 10.6 Å². The lowest BCUT2D eigenvalue weighted by molar-refractivity contribution is -0.139. The number of amides is 2. The number of hydrogen-bond donors (Lipinski definition) is 1. The van der Waals surface area contributed by atoms with Gasteiger partial charge < -0.3 is 10.2 Å². The first-order valence-electron chi connectivity index (χ1n) is 12.5. The standard InChI is InChI=1S/C29H34ClN3O4S/c1-21(2)31-29(35)23(4)32(19-18-24-8-6-5-7-9-24)28(34)20-33(26-14-12-25(30)13-15-26)38(36,37)27-16-10-22(3)11-17-27/h5-17,21,23H,18-20H2,1-4H3,(H,31,35)/t23-/m0/s1. The highest BCUT2D eigenvalue weighted by atomic mass is 35.5. The molecule has 0 unspecified atom stereocenters. The van der Waals surface area contributed by atoms with Crippen LogP contribution in [0.25, 0.3) is 0 Å². The summed E-state index contributed by atoms with van der Waals surface area (Å²) in [6.45, 7) is 6.97. The largest absolute Gasteiger partial charge is 0.352 e. The predicted octanol–water partition coefficient (Wildman–Crippen LogP) is 4.83. The highest BCUT2D eigenvalue weighted by molar-refractivity contribution is 7.92. The van der Waals surface area contributed by atoms with E-state index in [1.54, 1.807) is 43.3 Å². The molecule has 0 radical (unpaired) electrons. The summed E-state index contributed by atoms with van der Waals surface area (Å²) in [6.07, 6.45) is 0.511. The van der Waals surface area contributed by atoms with Gasteiger partial charge in [0.15, 0.2) is 0 Å². The Bertz CT molecular complexity index is 1330. The lowest BCUT2D eigenvalue weighted by atomic mass is 10.1. The Morgan fingerprint density at radius 1 is 0.895 bits per heavy atom. The molecular weight excluding hydrogens is 522 g/mol. The molecule has 0 spiro atoms. The van der Waals surface area contributed by atoms with Crippen LogP contribution in [0.1, 0.15) is 31.9 Å². The molecule has 0 saturated carbocycles. The molecule has 0 heterocycles. The van der Waals surface area contributed by atoms with Gasteiger partial charge in [-0.1, -0.05) is 59.6 Å². The van der Waals surface area contributed by atoms with E-state index in [0.29, 0.717) is 17.1 Å². The lowest BCUT2D eigenvalue weighted by Crippen LogP contribution is -2.53. The van der Waals surface area contributed by atoms with Crippen molar-refractivity contribution in [1.29, 1.82) is 0 Å². The number of anilines is 1. The maximum atomic E-state index is 13.8. The highest BCUT2D eigenvalue weighted by Gasteiger charge is 2.32. The minimum atomic E-state index is -4.10. The summed E-state index contributed by atoms with van der Waals surface area (Å²) in [5.74, 6) is -0.793. The van der Waals surface area contributed by atoms with E-state index in [1.807, 2.05) is 51.1 Å². The number of aryl methyl sites for hydroxylation is 1. The number of rotatable bonds is 11. The molecule has 1 atom stereocenters. The van der Waals surface area contributed by atoms with Crippen molar-refractivity contribution < 1.29 is 18.0 Å². The van der Waals surface area contributed by atoms with Crippen LogP contribution in [0.4, 0.5) is 5.69 Å². The van der Waals surface area contributed by atoms with E-state index >= 15 is 0 Å². The maximum absolute atomic E-state index is 13.8. The van der Waals surface area contributed by atoms with Gasteiger partial charge in [0.1, 0.15) is 12.6 Å². The predicted molar refractivity (Wildman–Crippen MR) is 152 cm³/mol. The van der Waals surface area contributed by atoms with Crippen molar-refractivity contribution in [3.8, 4) is 0 Å². The van der Waals surface area contributed by atoms with Gasteiger partial charge in [0, 0.05) is 17.6 Å². The van der Waals surface area contributed by atoms with Crippen LogP contribution in [0.5, 0.6) is 0 Å². The number of carbonyl (C=O) groups is 2. The van der Waals surface area contributed by atoms with E-state index in [2.05, 4.69) is 5.32 Å². The molecule has 9 heteroatoms. The van der Waals surface area contributed by atoms with Gasteiger partial charge in [0.25, 0.3) is 10.0 Å². The second kappa shape index (κ2) is 12.9. The van der Waals surface area contributed by atoms with Crippen molar-refractivity contribution in [1.82, 2.24) is 10.2 Å². The van der Waals surface area contributed by atoms with Gasteiger partial charge in [-0.15, -0.1) is 0 Å². The molecule has 1 N–H and O–H groups in total. The summed E-state index contributed by atoms with van der Waals surface area (Å²) in [6, 6.07) is 21.4. The fraction of sp³-hybridized carbons (Fsp3) is 0.310. The summed E-state index contributed by atoms with van der Waals surface area (Å²) >= 11 is 6.05. The Balaban J connectivity index is 1.97. The van der Waals surface area contributed by atoms with Crippen molar-refractivity contribution in [2.75, 3.05) is 17.4 Å². The van der Waals surface area contributed by atoms with Crippen LogP contribution in [-0.4, -0.2) is 50.3 Å². The molecule has 0 aliphatic carbocycles. The molecule has 0 aliphatic heterocycles. The zero-order chi connectivity index (χ0) is 27.9. The number of hydrogen-bond acceptors (Lipinski definition) is 4. The van der Waals surface area contributed by atoms with Crippen LogP contribution in [0.15, 0.2) is 83.8 Å². The number of carbonyl (C=O) groups excluding carboxylic acids is 2. The summed E-state index contributed by atoms with van der Waals surface area (Å²) in [5, 5.41) is 3.29. The molecule has 38 heavy (non-hydrogen) atoms. The summed E-state index contributed by atoms with van der Waals surface area (Å²) < 4.78 is 28.6. The van der Waals surface area contributed by atoms with Crippen LogP contribution < -0.4 is 9.62 Å². The molecule has 0 saturated heterocycles. The summed E-state index contributed by atoms with van der Waals surface area (Å²) in [7, 11) is -4.10. The van der Waals surface area contributed by atoms with Crippen LogP contribution in [0.2, 0.25) is 5.02 Å². The van der Waals surface area contributed by atoms with Gasteiger partial charge in [-0.05, 0) is 76.1 Å². The van der Waals surface area contributed by atoms with E-state index in [4.69, 9.17) is 11.6 Å². The molecular formula is C29H34ClN3O4S. The van der Waals surface area contributed by atoms with Gasteiger partial charge in [-0.25, -0.2) is 8.42 Å². The van der Waals surface area contributed by atoms with Crippen LogP contribution >= 0.6 is 11.6 Å². The fourth-order valence-corrected chi connectivity index (χ4v) is 5.49. The Morgan fingerprint density at radius 3 is 2.08 bits per heavy atom. The zero-order valence-corrected chi connectivity index (χ0v) is 23.7. The number of benzene rings is 3. The Kier molecular flexibility index (Phi) is 9.94. The molecule has 0 bridgehead atoms. The van der Waals surface area contributed by atoms with E-state index in [0.717, 1.165) is 15.4 Å². The van der Waals surface area contributed by atoms with Crippen LogP contribution in [0, 0.1) is 6.92 Å². The van der Waals surface area contributed by atoms with E-state index < -0.39 is 28.5 Å². The third kappa shape index (κ3) is 7.58. The Hall–Kier alpha value is -3.36. The molecule has 3 rings (SSSR count). The van der Waals surface area contributed by atoms with E-state index in [9.17, 15) is 18.0 Å². The first-order chi connectivity index (χ1) is 18.0. The number of nitrogens with zero attached hydrogens (tertiary/aromatic N) is 2. The zero-order valence-electron chi connectivity index (χ0n) is 22.1. The second-order valence-electron chi connectivity index (χ2n) is 9.46. The second-order valence-corrected chi connectivity index (χ2v) is 11.8. The molecule has 0 fully saturated rings. The van der Waals surface area contributed by atoms with Crippen molar-refractivity contribution in [2.24, 2.45) is 0 Å². The molecule has 202 valence electrons. The first-order valence-corrected chi connectivity index (χ1v) is 14.3. The van der Waals surface area contributed by atoms with Gasteiger partial charge in [-0.2, -0.15) is 0 Å². The fourth-order valence-electron chi connectivity index (χ4n) is 3.95. The smallest absolute Gasteiger partial charge is 0.264 e. The normalized spacial score (nSPS) is 12.2. The third-order valence-corrected chi connectivity index (χ3v) is 8.12. The van der Waals surface area contributed by atoms with Crippen molar-refractivity contribution in [3.05, 3.63) is 95.0 Å². The SMILES string of the molecule is Cc1ccc(S(=O)(=O)N(CC(=O)N(CCc2ccccc2)[C@@H](C)C(=O)NC(C)C)c2ccc(Cl)cc2)cc1. The van der Waals surface area contributed by atoms with Gasteiger partial charge in [0.2, 0.25) is 11.8 Å².